The molecule has 0 radical (unpaired) electrons. The van der Waals surface area contributed by atoms with Gasteiger partial charge in [0.25, 0.3) is 0 Å². The molecule has 4 nitrogen and oxygen atoms in total. The molecule has 0 saturated carbocycles. The topological polar surface area (TPSA) is 63.4 Å². The molecule has 1 heterocycles. The number of aryl methyl sites for hydroxylation is 2. The molecule has 0 spiro atoms. The van der Waals surface area contributed by atoms with Crippen molar-refractivity contribution in [3.63, 3.8) is 0 Å². The highest BCUT2D eigenvalue weighted by molar-refractivity contribution is 7.89. The second-order valence-electron chi connectivity index (χ2n) is 6.12. The molecule has 2 rings (SSSR count). The van der Waals surface area contributed by atoms with Gasteiger partial charge in [-0.3, -0.25) is 0 Å². The summed E-state index contributed by atoms with van der Waals surface area (Å²) in [6.07, 6.45) is 4.32. The normalized spacial score (nSPS) is 18.0. The largest absolute Gasteiger partial charge is 0.399 e. The molecule has 0 unspecified atom stereocenters. The minimum Gasteiger partial charge on any atom is -0.399 e. The monoisotopic (exact) mass is 310 g/mol. The molecule has 1 aromatic rings. The van der Waals surface area contributed by atoms with E-state index in [1.54, 1.807) is 16.4 Å². The second kappa shape index (κ2) is 6.36. The van der Waals surface area contributed by atoms with Crippen LogP contribution in [0.1, 0.15) is 43.7 Å². The summed E-state index contributed by atoms with van der Waals surface area (Å²) >= 11 is 0. The van der Waals surface area contributed by atoms with Crippen LogP contribution in [0.25, 0.3) is 0 Å². The van der Waals surface area contributed by atoms with E-state index >= 15 is 0 Å². The first-order valence-electron chi connectivity index (χ1n) is 7.73. The van der Waals surface area contributed by atoms with E-state index < -0.39 is 10.0 Å². The molecule has 1 saturated heterocycles. The Morgan fingerprint density at radius 1 is 1.19 bits per heavy atom. The maximum absolute atomic E-state index is 12.9. The highest BCUT2D eigenvalue weighted by atomic mass is 32.2. The Kier molecular flexibility index (Phi) is 4.94. The van der Waals surface area contributed by atoms with E-state index in [1.165, 1.54) is 12.8 Å². The molecule has 1 fully saturated rings. The number of benzene rings is 1. The highest BCUT2D eigenvalue weighted by Gasteiger charge is 2.31. The van der Waals surface area contributed by atoms with Gasteiger partial charge in [0.15, 0.2) is 0 Å². The van der Waals surface area contributed by atoms with Crippen molar-refractivity contribution >= 4 is 15.7 Å². The van der Waals surface area contributed by atoms with E-state index in [4.69, 9.17) is 5.73 Å². The van der Waals surface area contributed by atoms with Gasteiger partial charge in [-0.25, -0.2) is 8.42 Å². The zero-order chi connectivity index (χ0) is 15.6. The van der Waals surface area contributed by atoms with Crippen LogP contribution in [0.2, 0.25) is 0 Å². The van der Waals surface area contributed by atoms with Gasteiger partial charge in [-0.2, -0.15) is 4.31 Å². The third kappa shape index (κ3) is 3.40. The molecule has 1 aliphatic rings. The molecular formula is C16H26N2O2S. The average Bonchev–Trinajstić information content (AvgIpc) is 2.38. The Hall–Kier alpha value is -1.07. The Morgan fingerprint density at radius 2 is 1.71 bits per heavy atom. The number of nitrogen functional groups attached to an aromatic ring is 1. The fourth-order valence-corrected chi connectivity index (χ4v) is 5.25. The van der Waals surface area contributed by atoms with Crippen molar-refractivity contribution in [3.05, 3.63) is 23.3 Å². The predicted octanol–water partition coefficient (Wildman–Crippen LogP) is 3.09. The van der Waals surface area contributed by atoms with E-state index in [0.717, 1.165) is 24.0 Å². The summed E-state index contributed by atoms with van der Waals surface area (Å²) in [5.74, 6) is 0.676. The molecule has 0 amide bonds. The molecule has 5 heteroatoms. The Bertz CT molecular complexity index is 580. The van der Waals surface area contributed by atoms with Crippen LogP contribution in [0.4, 0.5) is 5.69 Å². The van der Waals surface area contributed by atoms with Crippen molar-refractivity contribution in [1.29, 1.82) is 0 Å². The first-order chi connectivity index (χ1) is 9.86. The minimum absolute atomic E-state index is 0.436. The van der Waals surface area contributed by atoms with E-state index in [9.17, 15) is 8.42 Å². The lowest BCUT2D eigenvalue weighted by Gasteiger charge is -2.32. The van der Waals surface area contributed by atoms with Gasteiger partial charge in [-0.15, -0.1) is 0 Å². The minimum atomic E-state index is -3.40. The molecule has 1 aliphatic heterocycles. The quantitative estimate of drug-likeness (QED) is 0.869. The van der Waals surface area contributed by atoms with Crippen LogP contribution in [-0.4, -0.2) is 25.8 Å². The molecule has 21 heavy (non-hydrogen) atoms. The lowest BCUT2D eigenvalue weighted by atomic mass is 9.94. The Labute approximate surface area is 128 Å². The van der Waals surface area contributed by atoms with Gasteiger partial charge in [0.05, 0.1) is 4.90 Å². The molecule has 0 atom stereocenters. The van der Waals surface area contributed by atoms with Crippen molar-refractivity contribution < 1.29 is 8.42 Å². The van der Waals surface area contributed by atoms with Crippen LogP contribution in [0.15, 0.2) is 17.0 Å². The number of anilines is 1. The van der Waals surface area contributed by atoms with Crippen molar-refractivity contribution in [2.24, 2.45) is 5.92 Å². The van der Waals surface area contributed by atoms with Crippen molar-refractivity contribution in [3.8, 4) is 0 Å². The third-order valence-corrected chi connectivity index (χ3v) is 6.56. The summed E-state index contributed by atoms with van der Waals surface area (Å²) < 4.78 is 27.4. The van der Waals surface area contributed by atoms with E-state index in [1.807, 2.05) is 13.8 Å². The number of nitrogens with zero attached hydrogens (tertiary/aromatic N) is 1. The molecule has 2 N–H and O–H groups in total. The van der Waals surface area contributed by atoms with Gasteiger partial charge < -0.3 is 5.73 Å². The van der Waals surface area contributed by atoms with Gasteiger partial charge in [0.2, 0.25) is 10.0 Å². The molecular weight excluding hydrogens is 284 g/mol. The summed E-state index contributed by atoms with van der Waals surface area (Å²) in [5, 5.41) is 0. The van der Waals surface area contributed by atoms with Crippen molar-refractivity contribution in [1.82, 2.24) is 4.31 Å². The van der Waals surface area contributed by atoms with Crippen LogP contribution in [0.5, 0.6) is 0 Å². The highest BCUT2D eigenvalue weighted by Crippen LogP contribution is 2.30. The number of rotatable bonds is 4. The average molecular weight is 310 g/mol. The van der Waals surface area contributed by atoms with Gasteiger partial charge in [-0.1, -0.05) is 19.8 Å². The van der Waals surface area contributed by atoms with Crippen molar-refractivity contribution in [2.45, 2.75) is 51.3 Å². The van der Waals surface area contributed by atoms with Gasteiger partial charge in [0, 0.05) is 18.8 Å². The molecule has 0 bridgehead atoms. The smallest absolute Gasteiger partial charge is 0.243 e. The molecule has 0 aliphatic carbocycles. The molecule has 0 aromatic heterocycles. The lowest BCUT2D eigenvalue weighted by molar-refractivity contribution is 0.262. The summed E-state index contributed by atoms with van der Waals surface area (Å²) in [6, 6.07) is 3.48. The lowest BCUT2D eigenvalue weighted by Crippen LogP contribution is -2.39. The Balaban J connectivity index is 2.24. The van der Waals surface area contributed by atoms with E-state index in [-0.39, 0.29) is 0 Å². The van der Waals surface area contributed by atoms with Crippen LogP contribution in [0, 0.1) is 19.8 Å². The van der Waals surface area contributed by atoms with Crippen LogP contribution in [-0.2, 0) is 10.0 Å². The van der Waals surface area contributed by atoms with E-state index in [0.29, 0.717) is 29.6 Å². The number of sulfonamides is 1. The summed E-state index contributed by atoms with van der Waals surface area (Å²) in [5.41, 5.74) is 7.89. The number of piperidine rings is 1. The fraction of sp³-hybridized carbons (Fsp3) is 0.625. The maximum atomic E-state index is 12.9. The zero-order valence-corrected chi connectivity index (χ0v) is 14.0. The van der Waals surface area contributed by atoms with Gasteiger partial charge in [-0.05, 0) is 55.9 Å². The second-order valence-corrected chi connectivity index (χ2v) is 7.99. The van der Waals surface area contributed by atoms with Crippen LogP contribution < -0.4 is 5.73 Å². The third-order valence-electron chi connectivity index (χ3n) is 4.35. The van der Waals surface area contributed by atoms with Crippen LogP contribution >= 0.6 is 0 Å². The van der Waals surface area contributed by atoms with E-state index in [2.05, 4.69) is 6.92 Å². The fourth-order valence-electron chi connectivity index (χ4n) is 3.37. The Morgan fingerprint density at radius 3 is 2.19 bits per heavy atom. The molecule has 1 aromatic carbocycles. The number of hydrogen-bond donors (Lipinski definition) is 1. The van der Waals surface area contributed by atoms with Gasteiger partial charge >= 0.3 is 0 Å². The summed E-state index contributed by atoms with van der Waals surface area (Å²) in [4.78, 5) is 0.436. The zero-order valence-electron chi connectivity index (χ0n) is 13.2. The summed E-state index contributed by atoms with van der Waals surface area (Å²) in [6.45, 7) is 7.09. The number of nitrogens with two attached hydrogens (primary N) is 1. The standard InChI is InChI=1S/C16H26N2O2S/c1-4-5-14-6-8-18(9-7-14)21(19,20)16-12(2)10-15(17)11-13(16)3/h10-11,14H,4-9,17H2,1-3H3. The first-order valence-corrected chi connectivity index (χ1v) is 9.17. The van der Waals surface area contributed by atoms with Gasteiger partial charge in [0.1, 0.15) is 0 Å². The summed E-state index contributed by atoms with van der Waals surface area (Å²) in [7, 11) is -3.40. The predicted molar refractivity (Wildman–Crippen MR) is 86.7 cm³/mol. The number of hydrogen-bond acceptors (Lipinski definition) is 3. The maximum Gasteiger partial charge on any atom is 0.243 e. The first kappa shape index (κ1) is 16.3. The van der Waals surface area contributed by atoms with Crippen LogP contribution in [0.3, 0.4) is 0 Å². The SMILES string of the molecule is CCCC1CCN(S(=O)(=O)c2c(C)cc(N)cc2C)CC1. The molecule has 118 valence electrons. The van der Waals surface area contributed by atoms with Crippen molar-refractivity contribution in [2.75, 3.05) is 18.8 Å².